The van der Waals surface area contributed by atoms with Crippen molar-refractivity contribution in [3.8, 4) is 0 Å². The van der Waals surface area contributed by atoms with E-state index in [1.54, 1.807) is 0 Å². The Balaban J connectivity index is 1.48. The third-order valence-corrected chi connectivity index (χ3v) is 6.61. The number of likely N-dealkylation sites (tertiary alicyclic amines) is 1. The van der Waals surface area contributed by atoms with Gasteiger partial charge >= 0.3 is 0 Å². The number of hydrogen-bond acceptors (Lipinski definition) is 5. The van der Waals surface area contributed by atoms with E-state index in [1.165, 1.54) is 16.8 Å². The molecule has 1 aromatic carbocycles. The van der Waals surface area contributed by atoms with Crippen LogP contribution in [0.2, 0.25) is 0 Å². The number of carbonyl (C=O) groups excluding carboxylic acids is 1. The van der Waals surface area contributed by atoms with Crippen LogP contribution in [-0.2, 0) is 4.79 Å². The minimum Gasteiger partial charge on any atom is -0.370 e. The number of H-pyrrole nitrogens is 1. The van der Waals surface area contributed by atoms with E-state index in [2.05, 4.69) is 62.2 Å². The van der Waals surface area contributed by atoms with Gasteiger partial charge in [-0.05, 0) is 38.2 Å². The average Bonchev–Trinajstić information content (AvgIpc) is 3.41. The van der Waals surface area contributed by atoms with Crippen LogP contribution in [0, 0.1) is 18.8 Å². The maximum absolute atomic E-state index is 13.1. The van der Waals surface area contributed by atoms with Crippen molar-refractivity contribution in [3.05, 3.63) is 53.9 Å². The van der Waals surface area contributed by atoms with Gasteiger partial charge in [0.05, 0.1) is 29.9 Å². The van der Waals surface area contributed by atoms with E-state index in [4.69, 9.17) is 0 Å². The highest BCUT2D eigenvalue weighted by Crippen LogP contribution is 2.47. The third kappa shape index (κ3) is 3.13. The Morgan fingerprint density at radius 3 is 2.83 bits per heavy atom. The molecule has 156 valence electrons. The lowest BCUT2D eigenvalue weighted by Crippen LogP contribution is -2.40. The van der Waals surface area contributed by atoms with Crippen molar-refractivity contribution >= 4 is 22.6 Å². The van der Waals surface area contributed by atoms with E-state index in [9.17, 15) is 4.79 Å². The number of benzene rings is 1. The molecule has 7 nitrogen and oxygen atoms in total. The highest BCUT2D eigenvalue weighted by Gasteiger charge is 2.49. The molecule has 0 spiro atoms. The molecule has 0 bridgehead atoms. The van der Waals surface area contributed by atoms with Crippen LogP contribution in [-0.4, -0.2) is 71.2 Å². The Labute approximate surface area is 176 Å². The van der Waals surface area contributed by atoms with Crippen LogP contribution in [0.25, 0.3) is 11.0 Å². The molecule has 0 saturated carbocycles. The zero-order valence-electron chi connectivity index (χ0n) is 17.7. The monoisotopic (exact) mass is 404 g/mol. The molecule has 0 unspecified atom stereocenters. The summed E-state index contributed by atoms with van der Waals surface area (Å²) >= 11 is 0. The first-order valence-electron chi connectivity index (χ1n) is 10.6. The molecule has 7 heteroatoms. The molecular weight excluding hydrogens is 376 g/mol. The minimum absolute atomic E-state index is 0.121. The Hall–Kier alpha value is -2.93. The van der Waals surface area contributed by atoms with Gasteiger partial charge in [0.2, 0.25) is 5.91 Å². The van der Waals surface area contributed by atoms with E-state index in [0.29, 0.717) is 18.4 Å². The van der Waals surface area contributed by atoms with Gasteiger partial charge in [-0.3, -0.25) is 9.89 Å². The average molecular weight is 405 g/mol. The Morgan fingerprint density at radius 1 is 1.20 bits per heavy atom. The largest absolute Gasteiger partial charge is 0.370 e. The standard InChI is InChI=1S/C23H28N6O/c1-15-6-4-5-7-17(15)22-19-13-28(20-8-9-24-23-18(20)10-25-26-23)11-16(19)12-29(22)21(30)14-27(2)3/h4-10,16,19,22H,11-14H2,1-3H3,(H,24,25,26)/t16-,19-,22+/m1/s1. The second-order valence-electron chi connectivity index (χ2n) is 8.88. The summed E-state index contributed by atoms with van der Waals surface area (Å²) < 4.78 is 0. The molecule has 3 aromatic rings. The lowest BCUT2D eigenvalue weighted by molar-refractivity contribution is -0.133. The molecule has 30 heavy (non-hydrogen) atoms. The summed E-state index contributed by atoms with van der Waals surface area (Å²) in [5, 5.41) is 8.20. The van der Waals surface area contributed by atoms with E-state index >= 15 is 0 Å². The quantitative estimate of drug-likeness (QED) is 0.724. The fourth-order valence-electron chi connectivity index (χ4n) is 5.29. The molecule has 2 aliphatic heterocycles. The SMILES string of the molecule is Cc1ccccc1[C@H]1[C@@H]2CN(c3ccnc4[nH]ncc34)C[C@@H]2CN1C(=O)CN(C)C. The summed E-state index contributed by atoms with van der Waals surface area (Å²) in [6.45, 7) is 5.29. The number of hydrogen-bond donors (Lipinski definition) is 1. The second kappa shape index (κ2) is 7.40. The smallest absolute Gasteiger partial charge is 0.237 e. The molecule has 1 amide bonds. The summed E-state index contributed by atoms with van der Waals surface area (Å²) in [5.74, 6) is 1.08. The van der Waals surface area contributed by atoms with Gasteiger partial charge in [-0.15, -0.1) is 0 Å². The fourth-order valence-corrected chi connectivity index (χ4v) is 5.29. The topological polar surface area (TPSA) is 68.4 Å². The van der Waals surface area contributed by atoms with Crippen LogP contribution in [0.4, 0.5) is 5.69 Å². The lowest BCUT2D eigenvalue weighted by Gasteiger charge is -2.32. The van der Waals surface area contributed by atoms with E-state index in [0.717, 1.165) is 30.7 Å². The summed E-state index contributed by atoms with van der Waals surface area (Å²) in [6.07, 6.45) is 3.70. The summed E-state index contributed by atoms with van der Waals surface area (Å²) in [7, 11) is 3.91. The minimum atomic E-state index is 0.121. The number of aromatic nitrogens is 3. The van der Waals surface area contributed by atoms with E-state index in [-0.39, 0.29) is 11.9 Å². The molecule has 4 heterocycles. The number of carbonyl (C=O) groups is 1. The van der Waals surface area contributed by atoms with Gasteiger partial charge < -0.3 is 14.7 Å². The predicted molar refractivity (Wildman–Crippen MR) is 117 cm³/mol. The van der Waals surface area contributed by atoms with Crippen molar-refractivity contribution in [2.75, 3.05) is 45.2 Å². The molecule has 3 atom stereocenters. The number of aryl methyl sites for hydroxylation is 1. The summed E-state index contributed by atoms with van der Waals surface area (Å²) in [5.41, 5.74) is 4.54. The number of likely N-dealkylation sites (N-methyl/N-ethyl adjacent to an activating group) is 1. The normalized spacial score (nSPS) is 23.5. The van der Waals surface area contributed by atoms with Gasteiger partial charge in [-0.25, -0.2) is 4.98 Å². The van der Waals surface area contributed by atoms with Gasteiger partial charge in [0, 0.05) is 37.7 Å². The fraction of sp³-hybridized carbons (Fsp3) is 0.435. The number of nitrogens with one attached hydrogen (secondary N) is 1. The zero-order valence-corrected chi connectivity index (χ0v) is 17.7. The Bertz CT molecular complexity index is 1080. The van der Waals surface area contributed by atoms with Crippen LogP contribution in [0.15, 0.2) is 42.7 Å². The first-order valence-corrected chi connectivity index (χ1v) is 10.6. The van der Waals surface area contributed by atoms with Gasteiger partial charge in [0.15, 0.2) is 5.65 Å². The Kier molecular flexibility index (Phi) is 4.70. The van der Waals surface area contributed by atoms with Crippen molar-refractivity contribution in [2.24, 2.45) is 11.8 Å². The van der Waals surface area contributed by atoms with E-state index < -0.39 is 0 Å². The summed E-state index contributed by atoms with van der Waals surface area (Å²) in [4.78, 5) is 24.1. The molecule has 1 N–H and O–H groups in total. The van der Waals surface area contributed by atoms with Crippen LogP contribution in [0.1, 0.15) is 17.2 Å². The van der Waals surface area contributed by atoms with Crippen molar-refractivity contribution in [1.82, 2.24) is 25.0 Å². The van der Waals surface area contributed by atoms with Crippen molar-refractivity contribution in [3.63, 3.8) is 0 Å². The zero-order chi connectivity index (χ0) is 20.8. The maximum Gasteiger partial charge on any atom is 0.237 e. The maximum atomic E-state index is 13.1. The van der Waals surface area contributed by atoms with Crippen molar-refractivity contribution in [2.45, 2.75) is 13.0 Å². The molecule has 2 aliphatic rings. The molecule has 0 radical (unpaired) electrons. The first-order chi connectivity index (χ1) is 14.5. The van der Waals surface area contributed by atoms with Crippen molar-refractivity contribution in [1.29, 1.82) is 0 Å². The molecule has 2 aromatic heterocycles. The number of aromatic amines is 1. The molecular formula is C23H28N6O. The third-order valence-electron chi connectivity index (χ3n) is 6.61. The van der Waals surface area contributed by atoms with Gasteiger partial charge in [-0.1, -0.05) is 24.3 Å². The first kappa shape index (κ1) is 19.1. The molecule has 0 aliphatic carbocycles. The summed E-state index contributed by atoms with van der Waals surface area (Å²) in [6, 6.07) is 10.7. The number of nitrogens with zero attached hydrogens (tertiary/aromatic N) is 5. The number of anilines is 1. The number of pyridine rings is 1. The molecule has 2 saturated heterocycles. The van der Waals surface area contributed by atoms with Crippen molar-refractivity contribution < 1.29 is 4.79 Å². The second-order valence-corrected chi connectivity index (χ2v) is 8.88. The number of rotatable bonds is 4. The highest BCUT2D eigenvalue weighted by atomic mass is 16.2. The van der Waals surface area contributed by atoms with Crippen LogP contribution >= 0.6 is 0 Å². The molecule has 2 fully saturated rings. The number of fused-ring (bicyclic) bond motifs is 2. The van der Waals surface area contributed by atoms with Gasteiger partial charge in [0.1, 0.15) is 0 Å². The number of amides is 1. The van der Waals surface area contributed by atoms with E-state index in [1.807, 2.05) is 31.4 Å². The van der Waals surface area contributed by atoms with Crippen LogP contribution < -0.4 is 4.90 Å². The predicted octanol–water partition coefficient (Wildman–Crippen LogP) is 2.46. The Morgan fingerprint density at radius 2 is 2.03 bits per heavy atom. The van der Waals surface area contributed by atoms with Crippen LogP contribution in [0.3, 0.4) is 0 Å². The lowest BCUT2D eigenvalue weighted by atomic mass is 9.87. The van der Waals surface area contributed by atoms with Gasteiger partial charge in [0.25, 0.3) is 0 Å². The van der Waals surface area contributed by atoms with Crippen LogP contribution in [0.5, 0.6) is 0 Å². The highest BCUT2D eigenvalue weighted by molar-refractivity contribution is 5.89. The molecule has 5 rings (SSSR count). The van der Waals surface area contributed by atoms with Gasteiger partial charge in [-0.2, -0.15) is 5.10 Å².